The molecule has 7 nitrogen and oxygen atoms in total. The number of furan rings is 1. The Morgan fingerprint density at radius 1 is 0.949 bits per heavy atom. The Labute approximate surface area is 227 Å². The molecule has 0 atom stereocenters. The van der Waals surface area contributed by atoms with E-state index in [0.29, 0.717) is 23.3 Å². The highest BCUT2D eigenvalue weighted by atomic mass is 16.3. The van der Waals surface area contributed by atoms with Crippen LogP contribution in [0.25, 0.3) is 15.8 Å². The zero-order chi connectivity index (χ0) is 27.2. The summed E-state index contributed by atoms with van der Waals surface area (Å²) in [5, 5.41) is 12.9. The minimum atomic E-state index is -0.225. The van der Waals surface area contributed by atoms with E-state index in [1.165, 1.54) is 5.56 Å². The average molecular weight is 517 g/mol. The van der Waals surface area contributed by atoms with Gasteiger partial charge in [0.2, 0.25) is 0 Å². The molecule has 1 fully saturated rings. The van der Waals surface area contributed by atoms with Crippen molar-refractivity contribution in [2.45, 2.75) is 38.3 Å². The van der Waals surface area contributed by atoms with Gasteiger partial charge in [-0.2, -0.15) is 5.26 Å². The summed E-state index contributed by atoms with van der Waals surface area (Å²) < 4.78 is 5.81. The molecule has 5 rings (SSSR count). The molecule has 0 bridgehead atoms. The van der Waals surface area contributed by atoms with E-state index in [9.17, 15) is 9.59 Å². The van der Waals surface area contributed by atoms with Crippen LogP contribution in [0.5, 0.6) is 0 Å². The lowest BCUT2D eigenvalue weighted by atomic mass is 10.0. The topological polar surface area (TPSA) is 90.7 Å². The van der Waals surface area contributed by atoms with E-state index in [0.717, 1.165) is 49.0 Å². The monoisotopic (exact) mass is 516 g/mol. The molecule has 4 aromatic rings. The van der Waals surface area contributed by atoms with E-state index >= 15 is 0 Å². The van der Waals surface area contributed by atoms with Gasteiger partial charge >= 0.3 is 0 Å². The molecule has 1 saturated heterocycles. The fourth-order valence-corrected chi connectivity index (χ4v) is 4.96. The molecule has 0 saturated carbocycles. The first-order chi connectivity index (χ1) is 19.0. The van der Waals surface area contributed by atoms with Crippen molar-refractivity contribution < 1.29 is 14.0 Å². The van der Waals surface area contributed by atoms with Gasteiger partial charge in [-0.25, -0.2) is 4.85 Å². The smallest absolute Gasteiger partial charge is 0.287 e. The van der Waals surface area contributed by atoms with E-state index < -0.39 is 0 Å². The summed E-state index contributed by atoms with van der Waals surface area (Å²) in [6.07, 6.45) is 2.31. The fourth-order valence-electron chi connectivity index (χ4n) is 4.96. The average Bonchev–Trinajstić information content (AvgIpc) is 3.39. The third-order valence-electron chi connectivity index (χ3n) is 7.08. The number of nitriles is 1. The lowest BCUT2D eigenvalue weighted by molar-refractivity contribution is -0.117. The molecule has 194 valence electrons. The lowest BCUT2D eigenvalue weighted by Gasteiger charge is -2.32. The van der Waals surface area contributed by atoms with Crippen molar-refractivity contribution in [1.82, 2.24) is 10.2 Å². The molecule has 7 heteroatoms. The predicted octanol–water partition coefficient (Wildman–Crippen LogP) is 5.60. The maximum Gasteiger partial charge on any atom is 0.287 e. The number of piperidine rings is 1. The van der Waals surface area contributed by atoms with Gasteiger partial charge in [0.25, 0.3) is 5.91 Å². The fraction of sp³-hybridized carbons (Fsp3) is 0.250. The molecular formula is C32H28N4O3. The second-order valence-electron chi connectivity index (χ2n) is 9.99. The van der Waals surface area contributed by atoms with Gasteiger partial charge in [-0.1, -0.05) is 42.5 Å². The molecule has 1 N–H and O–H groups in total. The van der Waals surface area contributed by atoms with Crippen LogP contribution in [-0.2, 0) is 24.2 Å². The van der Waals surface area contributed by atoms with Gasteiger partial charge in [0.05, 0.1) is 18.2 Å². The van der Waals surface area contributed by atoms with Crippen molar-refractivity contribution >= 4 is 28.3 Å². The number of carbonyl (C=O) groups is 2. The highest BCUT2D eigenvalue weighted by Gasteiger charge is 2.23. The van der Waals surface area contributed by atoms with E-state index in [1.807, 2.05) is 48.5 Å². The normalized spacial score (nSPS) is 14.0. The number of amides is 1. The van der Waals surface area contributed by atoms with Gasteiger partial charge in [0, 0.05) is 43.9 Å². The Kier molecular flexibility index (Phi) is 7.82. The van der Waals surface area contributed by atoms with Gasteiger partial charge in [0.1, 0.15) is 11.4 Å². The van der Waals surface area contributed by atoms with Crippen LogP contribution >= 0.6 is 0 Å². The lowest BCUT2D eigenvalue weighted by Crippen LogP contribution is -2.44. The highest BCUT2D eigenvalue weighted by molar-refractivity contribution is 5.96. The standard InChI is InChI=1S/C32H28N4O3/c1-34-27-9-6-22(7-10-27)17-29(37)18-25-8-11-30-26(16-25)19-31(39-30)32(38)35-28-12-14-36(15-13-28)21-24-4-2-23(20-33)3-5-24/h2-11,16,19,28H,12-15,17-18,21H2,(H,35,38). The maximum atomic E-state index is 12.9. The van der Waals surface area contributed by atoms with Gasteiger partial charge in [0.15, 0.2) is 11.4 Å². The molecule has 0 unspecified atom stereocenters. The van der Waals surface area contributed by atoms with Crippen LogP contribution in [-0.4, -0.2) is 35.7 Å². The second kappa shape index (κ2) is 11.8. The van der Waals surface area contributed by atoms with Crippen LogP contribution in [0.2, 0.25) is 0 Å². The molecule has 1 aromatic heterocycles. The second-order valence-corrected chi connectivity index (χ2v) is 9.99. The predicted molar refractivity (Wildman–Crippen MR) is 148 cm³/mol. The molecule has 1 amide bonds. The number of benzene rings is 3. The summed E-state index contributed by atoms with van der Waals surface area (Å²) in [5.41, 5.74) is 4.76. The van der Waals surface area contributed by atoms with Crippen LogP contribution in [0.4, 0.5) is 5.69 Å². The minimum Gasteiger partial charge on any atom is -0.451 e. The Morgan fingerprint density at radius 2 is 1.62 bits per heavy atom. The number of fused-ring (bicyclic) bond motifs is 1. The van der Waals surface area contributed by atoms with E-state index in [4.69, 9.17) is 16.3 Å². The van der Waals surface area contributed by atoms with Crippen molar-refractivity contribution in [1.29, 1.82) is 5.26 Å². The molecule has 0 radical (unpaired) electrons. The number of Topliss-reactive ketones (excluding diaryl/α,β-unsaturated/α-hetero) is 1. The number of nitrogens with one attached hydrogen (secondary N) is 1. The number of nitrogens with zero attached hydrogens (tertiary/aromatic N) is 3. The van der Waals surface area contributed by atoms with Crippen LogP contribution < -0.4 is 5.32 Å². The zero-order valence-corrected chi connectivity index (χ0v) is 21.5. The number of hydrogen-bond acceptors (Lipinski definition) is 5. The van der Waals surface area contributed by atoms with Crippen LogP contribution in [0.1, 0.15) is 45.7 Å². The summed E-state index contributed by atoms with van der Waals surface area (Å²) in [5.74, 6) is 0.127. The summed E-state index contributed by atoms with van der Waals surface area (Å²) in [4.78, 5) is 31.2. The van der Waals surface area contributed by atoms with Crippen molar-refractivity contribution in [3.63, 3.8) is 0 Å². The van der Waals surface area contributed by atoms with Crippen molar-refractivity contribution in [3.05, 3.63) is 112 Å². The van der Waals surface area contributed by atoms with Crippen molar-refractivity contribution in [2.75, 3.05) is 13.1 Å². The Morgan fingerprint density at radius 3 is 2.31 bits per heavy atom. The molecule has 1 aliphatic heterocycles. The molecule has 0 spiro atoms. The summed E-state index contributed by atoms with van der Waals surface area (Å²) >= 11 is 0. The van der Waals surface area contributed by atoms with Crippen LogP contribution in [0.3, 0.4) is 0 Å². The van der Waals surface area contributed by atoms with Gasteiger partial charge in [-0.15, -0.1) is 0 Å². The third-order valence-corrected chi connectivity index (χ3v) is 7.08. The highest BCUT2D eigenvalue weighted by Crippen LogP contribution is 2.23. The zero-order valence-electron chi connectivity index (χ0n) is 21.5. The first kappa shape index (κ1) is 25.9. The van der Waals surface area contributed by atoms with Gasteiger partial charge in [-0.3, -0.25) is 14.5 Å². The molecule has 0 aliphatic carbocycles. The Hall–Kier alpha value is -4.72. The summed E-state index contributed by atoms with van der Waals surface area (Å²) in [7, 11) is 0. The third kappa shape index (κ3) is 6.59. The van der Waals surface area contributed by atoms with E-state index in [2.05, 4.69) is 21.1 Å². The number of ketones is 1. The Bertz CT molecular complexity index is 1570. The Balaban J connectivity index is 1.13. The first-order valence-corrected chi connectivity index (χ1v) is 13.0. The van der Waals surface area contributed by atoms with E-state index in [1.54, 1.807) is 24.3 Å². The van der Waals surface area contributed by atoms with Gasteiger partial charge < -0.3 is 9.73 Å². The molecule has 1 aliphatic rings. The molecule has 39 heavy (non-hydrogen) atoms. The summed E-state index contributed by atoms with van der Waals surface area (Å²) in [6.45, 7) is 9.62. The largest absolute Gasteiger partial charge is 0.451 e. The molecule has 3 aromatic carbocycles. The van der Waals surface area contributed by atoms with Crippen molar-refractivity contribution in [2.24, 2.45) is 0 Å². The van der Waals surface area contributed by atoms with Crippen molar-refractivity contribution in [3.8, 4) is 6.07 Å². The summed E-state index contributed by atoms with van der Waals surface area (Å²) in [6, 6.07) is 24.3. The van der Waals surface area contributed by atoms with Crippen LogP contribution in [0, 0.1) is 17.9 Å². The first-order valence-electron chi connectivity index (χ1n) is 13.0. The molecule has 2 heterocycles. The number of carbonyl (C=O) groups excluding carboxylic acids is 2. The maximum absolute atomic E-state index is 12.9. The quantitative estimate of drug-likeness (QED) is 0.308. The number of rotatable bonds is 8. The SMILES string of the molecule is [C-]#[N+]c1ccc(CC(=O)Cc2ccc3oc(C(=O)NC4CCN(Cc5ccc(C#N)cc5)CC4)cc3c2)cc1. The molecular weight excluding hydrogens is 488 g/mol. The van der Waals surface area contributed by atoms with Crippen LogP contribution in [0.15, 0.2) is 77.2 Å². The number of hydrogen-bond donors (Lipinski definition) is 1. The van der Waals surface area contributed by atoms with Gasteiger partial charge in [-0.05, 0) is 59.9 Å². The number of likely N-dealkylation sites (tertiary alicyclic amines) is 1. The van der Waals surface area contributed by atoms with E-state index in [-0.39, 0.29) is 29.9 Å². The minimum absolute atomic E-state index is 0.0805.